The zero-order valence-electron chi connectivity index (χ0n) is 12.6. The first-order valence-corrected chi connectivity index (χ1v) is 7.06. The summed E-state index contributed by atoms with van der Waals surface area (Å²) in [6, 6.07) is 11.5. The quantitative estimate of drug-likeness (QED) is 0.858. The van der Waals surface area contributed by atoms with Crippen LogP contribution in [0.2, 0.25) is 0 Å². The fourth-order valence-electron chi connectivity index (χ4n) is 2.19. The van der Waals surface area contributed by atoms with E-state index in [0.29, 0.717) is 0 Å². The predicted octanol–water partition coefficient (Wildman–Crippen LogP) is 2.23. The number of carboxylic acid groups (broad SMARTS) is 1. The highest BCUT2D eigenvalue weighted by molar-refractivity contribution is 5.91. The van der Waals surface area contributed by atoms with Gasteiger partial charge in [0.15, 0.2) is 0 Å². The van der Waals surface area contributed by atoms with Gasteiger partial charge in [0, 0.05) is 6.54 Å². The molecular formula is C17H19NO4. The molecule has 0 aliphatic heterocycles. The lowest BCUT2D eigenvalue weighted by molar-refractivity contribution is -0.141. The van der Waals surface area contributed by atoms with Gasteiger partial charge in [-0.3, -0.25) is 9.59 Å². The monoisotopic (exact) mass is 301 g/mol. The number of methoxy groups -OCH3 is 1. The Morgan fingerprint density at radius 2 is 2.05 bits per heavy atom. The number of hydrogen-bond acceptors (Lipinski definition) is 3. The van der Waals surface area contributed by atoms with Crippen molar-refractivity contribution >= 4 is 22.6 Å². The normalized spacial score (nSPS) is 11.9. The molecule has 5 heteroatoms. The van der Waals surface area contributed by atoms with Gasteiger partial charge in [-0.05, 0) is 28.5 Å². The van der Waals surface area contributed by atoms with Crippen molar-refractivity contribution in [3.8, 4) is 5.75 Å². The van der Waals surface area contributed by atoms with Crippen molar-refractivity contribution in [1.82, 2.24) is 5.32 Å². The molecule has 116 valence electrons. The SMILES string of the molecule is COc1ccc2cccc(CC(=O)NCC(C)C(=O)O)c2c1. The smallest absolute Gasteiger partial charge is 0.308 e. The van der Waals surface area contributed by atoms with Crippen LogP contribution in [0.25, 0.3) is 10.8 Å². The molecule has 5 nitrogen and oxygen atoms in total. The zero-order chi connectivity index (χ0) is 16.1. The van der Waals surface area contributed by atoms with Crippen LogP contribution in [0.5, 0.6) is 5.75 Å². The van der Waals surface area contributed by atoms with Gasteiger partial charge in [-0.1, -0.05) is 31.2 Å². The van der Waals surface area contributed by atoms with Crippen LogP contribution in [0.3, 0.4) is 0 Å². The molecule has 0 heterocycles. The summed E-state index contributed by atoms with van der Waals surface area (Å²) in [7, 11) is 1.60. The fraction of sp³-hybridized carbons (Fsp3) is 0.294. The van der Waals surface area contributed by atoms with Crippen molar-refractivity contribution in [2.24, 2.45) is 5.92 Å². The van der Waals surface area contributed by atoms with Gasteiger partial charge in [-0.25, -0.2) is 0 Å². The van der Waals surface area contributed by atoms with Crippen LogP contribution in [0.15, 0.2) is 36.4 Å². The van der Waals surface area contributed by atoms with Crippen molar-refractivity contribution in [2.75, 3.05) is 13.7 Å². The number of nitrogens with one attached hydrogen (secondary N) is 1. The van der Waals surface area contributed by atoms with Crippen molar-refractivity contribution in [3.63, 3.8) is 0 Å². The minimum absolute atomic E-state index is 0.127. The molecular weight excluding hydrogens is 282 g/mol. The summed E-state index contributed by atoms with van der Waals surface area (Å²) in [4.78, 5) is 22.8. The summed E-state index contributed by atoms with van der Waals surface area (Å²) in [6.45, 7) is 1.69. The van der Waals surface area contributed by atoms with E-state index in [1.807, 2.05) is 36.4 Å². The highest BCUT2D eigenvalue weighted by atomic mass is 16.5. The fourth-order valence-corrected chi connectivity index (χ4v) is 2.19. The topological polar surface area (TPSA) is 75.6 Å². The van der Waals surface area contributed by atoms with Gasteiger partial charge < -0.3 is 15.2 Å². The van der Waals surface area contributed by atoms with E-state index in [0.717, 1.165) is 22.1 Å². The maximum absolute atomic E-state index is 12.0. The minimum Gasteiger partial charge on any atom is -0.497 e. The summed E-state index contributed by atoms with van der Waals surface area (Å²) in [5.41, 5.74) is 0.886. The number of ether oxygens (including phenoxy) is 1. The van der Waals surface area contributed by atoms with Gasteiger partial charge in [0.05, 0.1) is 19.4 Å². The molecule has 0 radical (unpaired) electrons. The van der Waals surface area contributed by atoms with Gasteiger partial charge >= 0.3 is 5.97 Å². The molecule has 1 unspecified atom stereocenters. The van der Waals surface area contributed by atoms with E-state index in [2.05, 4.69) is 5.32 Å². The lowest BCUT2D eigenvalue weighted by Gasteiger charge is -2.10. The van der Waals surface area contributed by atoms with E-state index in [4.69, 9.17) is 9.84 Å². The number of benzene rings is 2. The Hall–Kier alpha value is -2.56. The average molecular weight is 301 g/mol. The van der Waals surface area contributed by atoms with Crippen LogP contribution < -0.4 is 10.1 Å². The molecule has 0 fully saturated rings. The molecule has 2 N–H and O–H groups in total. The van der Waals surface area contributed by atoms with Crippen LogP contribution >= 0.6 is 0 Å². The standard InChI is InChI=1S/C17H19NO4/c1-11(17(20)21)10-18-16(19)8-13-5-3-4-12-6-7-14(22-2)9-15(12)13/h3-7,9,11H,8,10H2,1-2H3,(H,18,19)(H,20,21). The molecule has 2 aromatic rings. The molecule has 0 bridgehead atoms. The maximum Gasteiger partial charge on any atom is 0.308 e. The second kappa shape index (κ2) is 6.93. The van der Waals surface area contributed by atoms with Crippen LogP contribution in [0.4, 0.5) is 0 Å². The Balaban J connectivity index is 2.13. The second-order valence-electron chi connectivity index (χ2n) is 5.22. The first-order valence-electron chi connectivity index (χ1n) is 7.06. The van der Waals surface area contributed by atoms with Crippen LogP contribution in [0, 0.1) is 5.92 Å². The lowest BCUT2D eigenvalue weighted by Crippen LogP contribution is -2.32. The lowest BCUT2D eigenvalue weighted by atomic mass is 10.0. The molecule has 0 saturated carbocycles. The van der Waals surface area contributed by atoms with Crippen LogP contribution in [0.1, 0.15) is 12.5 Å². The van der Waals surface area contributed by atoms with Gasteiger partial charge in [0.25, 0.3) is 0 Å². The molecule has 0 aromatic heterocycles. The summed E-state index contributed by atoms with van der Waals surface area (Å²) < 4.78 is 5.22. The predicted molar refractivity (Wildman–Crippen MR) is 84.0 cm³/mol. The molecule has 2 aromatic carbocycles. The Bertz CT molecular complexity index is 696. The maximum atomic E-state index is 12.0. The average Bonchev–Trinajstić information content (AvgIpc) is 2.52. The van der Waals surface area contributed by atoms with E-state index in [1.54, 1.807) is 14.0 Å². The summed E-state index contributed by atoms with van der Waals surface area (Å²) in [5, 5.41) is 13.5. The Labute approximate surface area is 128 Å². The second-order valence-corrected chi connectivity index (χ2v) is 5.22. The Morgan fingerprint density at radius 1 is 1.27 bits per heavy atom. The van der Waals surface area contributed by atoms with Gasteiger partial charge in [-0.2, -0.15) is 0 Å². The van der Waals surface area contributed by atoms with Crippen molar-refractivity contribution in [2.45, 2.75) is 13.3 Å². The minimum atomic E-state index is -0.921. The number of rotatable bonds is 6. The van der Waals surface area contributed by atoms with Crippen LogP contribution in [-0.4, -0.2) is 30.6 Å². The highest BCUT2D eigenvalue weighted by Gasteiger charge is 2.13. The summed E-state index contributed by atoms with van der Waals surface area (Å²) >= 11 is 0. The first kappa shape index (κ1) is 15.8. The van der Waals surface area contributed by atoms with E-state index >= 15 is 0 Å². The molecule has 1 amide bonds. The van der Waals surface area contributed by atoms with Gasteiger partial charge in [0.2, 0.25) is 5.91 Å². The van der Waals surface area contributed by atoms with E-state index in [-0.39, 0.29) is 18.9 Å². The van der Waals surface area contributed by atoms with E-state index in [9.17, 15) is 9.59 Å². The number of carboxylic acids is 1. The summed E-state index contributed by atoms with van der Waals surface area (Å²) in [6.07, 6.45) is 0.205. The van der Waals surface area contributed by atoms with Crippen molar-refractivity contribution in [3.05, 3.63) is 42.0 Å². The molecule has 0 aliphatic rings. The number of fused-ring (bicyclic) bond motifs is 1. The summed E-state index contributed by atoms with van der Waals surface area (Å²) in [5.74, 6) is -0.977. The molecule has 22 heavy (non-hydrogen) atoms. The largest absolute Gasteiger partial charge is 0.497 e. The Morgan fingerprint density at radius 3 is 2.73 bits per heavy atom. The highest BCUT2D eigenvalue weighted by Crippen LogP contribution is 2.24. The molecule has 0 spiro atoms. The number of amides is 1. The number of carbonyl (C=O) groups is 2. The third-order valence-corrected chi connectivity index (χ3v) is 3.56. The first-order chi connectivity index (χ1) is 10.5. The van der Waals surface area contributed by atoms with Gasteiger partial charge in [0.1, 0.15) is 5.75 Å². The van der Waals surface area contributed by atoms with Gasteiger partial charge in [-0.15, -0.1) is 0 Å². The van der Waals surface area contributed by atoms with E-state index in [1.165, 1.54) is 0 Å². The zero-order valence-corrected chi connectivity index (χ0v) is 12.6. The van der Waals surface area contributed by atoms with Crippen molar-refractivity contribution in [1.29, 1.82) is 0 Å². The Kier molecular flexibility index (Phi) is 4.99. The molecule has 0 aliphatic carbocycles. The number of hydrogen-bond donors (Lipinski definition) is 2. The molecule has 1 atom stereocenters. The number of carbonyl (C=O) groups excluding carboxylic acids is 1. The van der Waals surface area contributed by atoms with E-state index < -0.39 is 11.9 Å². The van der Waals surface area contributed by atoms with Crippen LogP contribution in [-0.2, 0) is 16.0 Å². The molecule has 0 saturated heterocycles. The molecule has 2 rings (SSSR count). The third kappa shape index (κ3) is 3.75. The third-order valence-electron chi connectivity index (χ3n) is 3.56. The number of aliphatic carboxylic acids is 1. The van der Waals surface area contributed by atoms with Crippen molar-refractivity contribution < 1.29 is 19.4 Å².